The van der Waals surface area contributed by atoms with Gasteiger partial charge in [-0.05, 0) is 75.1 Å². The van der Waals surface area contributed by atoms with Crippen LogP contribution in [0.2, 0.25) is 0 Å². The van der Waals surface area contributed by atoms with Gasteiger partial charge in [0, 0.05) is 30.8 Å². The molecule has 0 saturated carbocycles. The highest BCUT2D eigenvalue weighted by Gasteiger charge is 2.34. The molecule has 0 aromatic heterocycles. The summed E-state index contributed by atoms with van der Waals surface area (Å²) in [7, 11) is 0. The van der Waals surface area contributed by atoms with Crippen molar-refractivity contribution < 1.29 is 28.7 Å². The molecule has 1 unspecified atom stereocenters. The molecule has 0 radical (unpaired) electrons. The van der Waals surface area contributed by atoms with Crippen LogP contribution in [0.4, 0.5) is 10.5 Å². The molecule has 1 atom stereocenters. The molecule has 1 aliphatic rings. The minimum absolute atomic E-state index is 0.0433. The summed E-state index contributed by atoms with van der Waals surface area (Å²) in [6, 6.07) is 23.7. The minimum Gasteiger partial charge on any atom is -0.443 e. The molecule has 0 bridgehead atoms. The Morgan fingerprint density at radius 2 is 1.67 bits per heavy atom. The molecule has 0 saturated heterocycles. The number of fused-ring (bicyclic) bond motifs is 1. The maximum atomic E-state index is 13.6. The second-order valence-corrected chi connectivity index (χ2v) is 12.1. The number of aldehydes is 1. The maximum Gasteiger partial charge on any atom is 0.425 e. The molecule has 0 aliphatic carbocycles. The van der Waals surface area contributed by atoms with Crippen molar-refractivity contribution in [3.05, 3.63) is 101 Å². The summed E-state index contributed by atoms with van der Waals surface area (Å²) in [6.07, 6.45) is 0.711. The summed E-state index contributed by atoms with van der Waals surface area (Å²) < 4.78 is 11.5. The molecule has 3 amide bonds. The van der Waals surface area contributed by atoms with Gasteiger partial charge < -0.3 is 24.5 Å². The number of hydrogen-bond acceptors (Lipinski definition) is 7. The minimum atomic E-state index is -0.753. The quantitative estimate of drug-likeness (QED) is 0.214. The third-order valence-electron chi connectivity index (χ3n) is 7.27. The molecule has 0 spiro atoms. The van der Waals surface area contributed by atoms with Gasteiger partial charge in [0.05, 0.1) is 19.2 Å². The second-order valence-electron chi connectivity index (χ2n) is 12.1. The third-order valence-corrected chi connectivity index (χ3v) is 7.27. The van der Waals surface area contributed by atoms with Gasteiger partial charge in [-0.3, -0.25) is 9.59 Å². The van der Waals surface area contributed by atoms with Gasteiger partial charge in [-0.15, -0.1) is 0 Å². The zero-order chi connectivity index (χ0) is 32.4. The fraction of sp³-hybridized carbons (Fsp3) is 0.371. The predicted octanol–water partition coefficient (Wildman–Crippen LogP) is 5.43. The number of carbonyl (C=O) groups is 4. The normalized spacial score (nSPS) is 13.7. The topological polar surface area (TPSA) is 108 Å². The van der Waals surface area contributed by atoms with E-state index in [1.54, 1.807) is 39.8 Å². The summed E-state index contributed by atoms with van der Waals surface area (Å²) in [4.78, 5) is 52.5. The average molecular weight is 615 g/mol. The first-order valence-corrected chi connectivity index (χ1v) is 15.1. The predicted molar refractivity (Wildman–Crippen MR) is 171 cm³/mol. The van der Waals surface area contributed by atoms with Gasteiger partial charge in [-0.25, -0.2) is 14.8 Å². The fourth-order valence-electron chi connectivity index (χ4n) is 5.11. The smallest absolute Gasteiger partial charge is 0.425 e. The van der Waals surface area contributed by atoms with Crippen molar-refractivity contribution in [2.24, 2.45) is 0 Å². The van der Waals surface area contributed by atoms with Crippen molar-refractivity contribution in [3.63, 3.8) is 0 Å². The van der Waals surface area contributed by atoms with Crippen molar-refractivity contribution in [3.8, 4) is 0 Å². The van der Waals surface area contributed by atoms with E-state index in [4.69, 9.17) is 9.47 Å². The SMILES string of the molecule is CC(CC(=O)N(CC=O)COCc1ccccc1)N(C(=O)OC(C)(C)C)N1CCc2ccc(NC(=O)c3ccccc3)cc2C1. The summed E-state index contributed by atoms with van der Waals surface area (Å²) in [5.74, 6) is -0.530. The number of nitrogens with zero attached hydrogens (tertiary/aromatic N) is 3. The average Bonchev–Trinajstić information content (AvgIpc) is 3.00. The number of nitrogens with one attached hydrogen (secondary N) is 1. The molecule has 3 aromatic carbocycles. The highest BCUT2D eigenvalue weighted by molar-refractivity contribution is 6.04. The van der Waals surface area contributed by atoms with E-state index in [2.05, 4.69) is 5.32 Å². The number of rotatable bonds is 12. The van der Waals surface area contributed by atoms with Gasteiger partial charge in [0.25, 0.3) is 5.91 Å². The van der Waals surface area contributed by atoms with Crippen molar-refractivity contribution in [2.45, 2.75) is 65.3 Å². The van der Waals surface area contributed by atoms with Crippen molar-refractivity contribution in [2.75, 3.05) is 25.1 Å². The molecule has 1 heterocycles. The number of carbonyl (C=O) groups excluding carboxylic acids is 4. The van der Waals surface area contributed by atoms with E-state index < -0.39 is 17.7 Å². The number of hydrogen-bond donors (Lipinski definition) is 1. The van der Waals surface area contributed by atoms with E-state index >= 15 is 0 Å². The number of ether oxygens (including phenoxy) is 2. The Morgan fingerprint density at radius 3 is 2.33 bits per heavy atom. The molecule has 4 rings (SSSR count). The van der Waals surface area contributed by atoms with Crippen LogP contribution in [0, 0.1) is 0 Å². The van der Waals surface area contributed by atoms with E-state index in [0.29, 0.717) is 43.7 Å². The number of hydrazine groups is 1. The van der Waals surface area contributed by atoms with Gasteiger partial charge in [0.15, 0.2) is 0 Å². The number of benzene rings is 3. The van der Waals surface area contributed by atoms with Crippen LogP contribution < -0.4 is 5.32 Å². The van der Waals surface area contributed by atoms with Crippen molar-refractivity contribution in [1.82, 2.24) is 14.9 Å². The second kappa shape index (κ2) is 15.5. The van der Waals surface area contributed by atoms with Crippen LogP contribution in [0.5, 0.6) is 0 Å². The molecule has 3 aromatic rings. The Morgan fingerprint density at radius 1 is 0.978 bits per heavy atom. The number of anilines is 1. The molecule has 10 heteroatoms. The van der Waals surface area contributed by atoms with E-state index in [-0.39, 0.29) is 31.5 Å². The lowest BCUT2D eigenvalue weighted by Crippen LogP contribution is -2.55. The van der Waals surface area contributed by atoms with E-state index in [0.717, 1.165) is 16.7 Å². The summed E-state index contributed by atoms with van der Waals surface area (Å²) in [5.41, 5.74) is 3.47. The molecule has 10 nitrogen and oxygen atoms in total. The van der Waals surface area contributed by atoms with E-state index in [1.165, 1.54) is 9.91 Å². The van der Waals surface area contributed by atoms with E-state index in [1.807, 2.05) is 71.7 Å². The van der Waals surface area contributed by atoms with Gasteiger partial charge in [0.2, 0.25) is 5.91 Å². The summed E-state index contributed by atoms with van der Waals surface area (Å²) in [5, 5.41) is 6.34. The largest absolute Gasteiger partial charge is 0.443 e. The van der Waals surface area contributed by atoms with Crippen LogP contribution in [0.25, 0.3) is 0 Å². The Kier molecular flexibility index (Phi) is 11.5. The first-order chi connectivity index (χ1) is 21.5. The summed E-state index contributed by atoms with van der Waals surface area (Å²) in [6.45, 7) is 8.19. The zero-order valence-corrected chi connectivity index (χ0v) is 26.4. The van der Waals surface area contributed by atoms with Gasteiger partial charge in [0.1, 0.15) is 18.6 Å². The lowest BCUT2D eigenvalue weighted by molar-refractivity contribution is -0.142. The molecule has 1 N–H and O–H groups in total. The zero-order valence-electron chi connectivity index (χ0n) is 26.4. The molecule has 45 heavy (non-hydrogen) atoms. The lowest BCUT2D eigenvalue weighted by Gasteiger charge is -2.42. The third kappa shape index (κ3) is 9.72. The monoisotopic (exact) mass is 614 g/mol. The van der Waals surface area contributed by atoms with Crippen LogP contribution in [0.1, 0.15) is 61.2 Å². The fourth-order valence-corrected chi connectivity index (χ4v) is 5.11. The standard InChI is InChI=1S/C35H42N4O6/c1-26(21-32(41)37(19-20-40)25-44-24-27-11-7-5-8-12-27)39(34(43)45-35(2,3)4)38-18-17-28-15-16-31(22-30(28)23-38)36-33(42)29-13-9-6-10-14-29/h5-16,20,22,26H,17-19,21,23-25H2,1-4H3,(H,36,42). The van der Waals surface area contributed by atoms with Crippen LogP contribution >= 0.6 is 0 Å². The molecular weight excluding hydrogens is 572 g/mol. The van der Waals surface area contributed by atoms with E-state index in [9.17, 15) is 19.2 Å². The Hall–Kier alpha value is -4.54. The van der Waals surface area contributed by atoms with Crippen molar-refractivity contribution >= 4 is 29.9 Å². The molecule has 238 valence electrons. The molecular formula is C35H42N4O6. The summed E-state index contributed by atoms with van der Waals surface area (Å²) >= 11 is 0. The first kappa shape index (κ1) is 33.4. The maximum absolute atomic E-state index is 13.6. The van der Waals surface area contributed by atoms with Gasteiger partial charge in [-0.1, -0.05) is 54.6 Å². The van der Waals surface area contributed by atoms with Crippen LogP contribution in [-0.4, -0.2) is 70.6 Å². The Bertz CT molecular complexity index is 1460. The molecule has 0 fully saturated rings. The number of amides is 3. The molecule has 1 aliphatic heterocycles. The Balaban J connectivity index is 1.47. The highest BCUT2D eigenvalue weighted by Crippen LogP contribution is 2.27. The van der Waals surface area contributed by atoms with Gasteiger partial charge in [-0.2, -0.15) is 0 Å². The highest BCUT2D eigenvalue weighted by atomic mass is 16.6. The van der Waals surface area contributed by atoms with Crippen molar-refractivity contribution in [1.29, 1.82) is 0 Å². The first-order valence-electron chi connectivity index (χ1n) is 15.1. The van der Waals surface area contributed by atoms with Crippen LogP contribution in [0.3, 0.4) is 0 Å². The van der Waals surface area contributed by atoms with Crippen LogP contribution in [0.15, 0.2) is 78.9 Å². The van der Waals surface area contributed by atoms with Crippen LogP contribution in [-0.2, 0) is 38.6 Å². The van der Waals surface area contributed by atoms with Gasteiger partial charge >= 0.3 is 6.09 Å². The lowest BCUT2D eigenvalue weighted by atomic mass is 9.99. The Labute approximate surface area is 264 Å².